The zero-order valence-electron chi connectivity index (χ0n) is 10.4. The van der Waals surface area contributed by atoms with Crippen molar-refractivity contribution >= 4 is 39.8 Å². The van der Waals surface area contributed by atoms with Crippen molar-refractivity contribution in [1.82, 2.24) is 4.98 Å². The molecule has 0 spiro atoms. The summed E-state index contributed by atoms with van der Waals surface area (Å²) >= 11 is 11.9. The second kappa shape index (κ2) is 6.26. The molecular formula is C14H16Cl2N2. The highest BCUT2D eigenvalue weighted by Crippen LogP contribution is 2.27. The molecule has 1 heterocycles. The summed E-state index contributed by atoms with van der Waals surface area (Å²) in [7, 11) is 0. The van der Waals surface area contributed by atoms with Crippen LogP contribution in [0.25, 0.3) is 10.9 Å². The Morgan fingerprint density at radius 3 is 2.78 bits per heavy atom. The summed E-state index contributed by atoms with van der Waals surface area (Å²) in [6.45, 7) is 4.01. The number of rotatable bonds is 5. The third kappa shape index (κ3) is 2.88. The van der Waals surface area contributed by atoms with Gasteiger partial charge in [-0.2, -0.15) is 0 Å². The number of nitrogens with zero attached hydrogens (tertiary/aromatic N) is 2. The van der Waals surface area contributed by atoms with Gasteiger partial charge in [-0.1, -0.05) is 18.5 Å². The molecule has 1 aromatic carbocycles. The number of anilines is 1. The number of pyridine rings is 1. The molecule has 0 saturated carbocycles. The lowest BCUT2D eigenvalue weighted by atomic mass is 10.1. The molecule has 0 aliphatic carbocycles. The quantitative estimate of drug-likeness (QED) is 0.759. The number of alkyl halides is 1. The lowest BCUT2D eigenvalue weighted by molar-refractivity contribution is 0.797. The Morgan fingerprint density at radius 1 is 1.22 bits per heavy atom. The van der Waals surface area contributed by atoms with E-state index >= 15 is 0 Å². The normalized spacial score (nSPS) is 10.8. The molecule has 0 bridgehead atoms. The fraction of sp³-hybridized carbons (Fsp3) is 0.357. The highest BCUT2D eigenvalue weighted by molar-refractivity contribution is 6.31. The monoisotopic (exact) mass is 282 g/mol. The Balaban J connectivity index is 2.48. The Bertz CT molecular complexity index is 522. The highest BCUT2D eigenvalue weighted by atomic mass is 35.5. The van der Waals surface area contributed by atoms with Crippen LogP contribution in [0.15, 0.2) is 30.5 Å². The first kappa shape index (κ1) is 13.4. The summed E-state index contributed by atoms with van der Waals surface area (Å²) in [5, 5.41) is 1.84. The van der Waals surface area contributed by atoms with Crippen LogP contribution in [0.5, 0.6) is 0 Å². The van der Waals surface area contributed by atoms with Gasteiger partial charge < -0.3 is 4.90 Å². The average molecular weight is 283 g/mol. The molecule has 0 aliphatic heterocycles. The topological polar surface area (TPSA) is 16.1 Å². The summed E-state index contributed by atoms with van der Waals surface area (Å²) in [4.78, 5) is 6.66. The fourth-order valence-corrected chi connectivity index (χ4v) is 2.48. The first-order chi connectivity index (χ1) is 8.76. The van der Waals surface area contributed by atoms with Crippen LogP contribution in [0, 0.1) is 0 Å². The zero-order valence-corrected chi connectivity index (χ0v) is 11.9. The van der Waals surface area contributed by atoms with Crippen LogP contribution < -0.4 is 4.90 Å². The van der Waals surface area contributed by atoms with Crippen LogP contribution >= 0.6 is 23.2 Å². The van der Waals surface area contributed by atoms with Crippen molar-refractivity contribution < 1.29 is 0 Å². The number of aromatic nitrogens is 1. The van der Waals surface area contributed by atoms with Gasteiger partial charge in [0, 0.05) is 41.3 Å². The van der Waals surface area contributed by atoms with Crippen LogP contribution in [0.2, 0.25) is 5.02 Å². The molecule has 2 nitrogen and oxygen atoms in total. The van der Waals surface area contributed by atoms with E-state index in [9.17, 15) is 0 Å². The highest BCUT2D eigenvalue weighted by Gasteiger charge is 2.09. The van der Waals surface area contributed by atoms with Crippen molar-refractivity contribution in [2.24, 2.45) is 0 Å². The van der Waals surface area contributed by atoms with Gasteiger partial charge in [0.05, 0.1) is 5.52 Å². The lowest BCUT2D eigenvalue weighted by Gasteiger charge is -2.24. The molecule has 2 rings (SSSR count). The van der Waals surface area contributed by atoms with Gasteiger partial charge in [-0.05, 0) is 30.7 Å². The van der Waals surface area contributed by atoms with Gasteiger partial charge in [0.1, 0.15) is 0 Å². The maximum Gasteiger partial charge on any atom is 0.0737 e. The van der Waals surface area contributed by atoms with E-state index in [0.29, 0.717) is 10.9 Å². The largest absolute Gasteiger partial charge is 0.370 e. The molecule has 2 aromatic rings. The second-order valence-electron chi connectivity index (χ2n) is 4.17. The predicted octanol–water partition coefficient (Wildman–Crippen LogP) is 4.34. The second-order valence-corrected chi connectivity index (χ2v) is 4.98. The van der Waals surface area contributed by atoms with Crippen molar-refractivity contribution in [3.63, 3.8) is 0 Å². The summed E-state index contributed by atoms with van der Waals surface area (Å²) in [6, 6.07) is 7.86. The van der Waals surface area contributed by atoms with Crippen LogP contribution in [0.3, 0.4) is 0 Å². The van der Waals surface area contributed by atoms with E-state index in [1.54, 1.807) is 0 Å². The Labute approximate surface area is 118 Å². The van der Waals surface area contributed by atoms with Crippen molar-refractivity contribution in [2.75, 3.05) is 23.9 Å². The molecular weight excluding hydrogens is 267 g/mol. The van der Waals surface area contributed by atoms with Gasteiger partial charge in [0.15, 0.2) is 0 Å². The van der Waals surface area contributed by atoms with Crippen molar-refractivity contribution in [3.8, 4) is 0 Å². The maximum absolute atomic E-state index is 6.00. The molecule has 0 fully saturated rings. The fourth-order valence-electron chi connectivity index (χ4n) is 2.11. The van der Waals surface area contributed by atoms with Crippen molar-refractivity contribution in [1.29, 1.82) is 0 Å². The molecule has 96 valence electrons. The predicted molar refractivity (Wildman–Crippen MR) is 80.0 cm³/mol. The van der Waals surface area contributed by atoms with Gasteiger partial charge in [0.2, 0.25) is 0 Å². The number of halogens is 2. The summed E-state index contributed by atoms with van der Waals surface area (Å²) < 4.78 is 0. The van der Waals surface area contributed by atoms with E-state index in [-0.39, 0.29) is 0 Å². The van der Waals surface area contributed by atoms with E-state index in [4.69, 9.17) is 23.2 Å². The van der Waals surface area contributed by atoms with Crippen molar-refractivity contribution in [2.45, 2.75) is 13.3 Å². The van der Waals surface area contributed by atoms with Crippen LogP contribution in [0.4, 0.5) is 5.69 Å². The zero-order chi connectivity index (χ0) is 13.0. The summed E-state index contributed by atoms with van der Waals surface area (Å²) in [5.41, 5.74) is 2.11. The Kier molecular flexibility index (Phi) is 4.67. The third-order valence-corrected chi connectivity index (χ3v) is 3.27. The molecule has 0 radical (unpaired) electrons. The first-order valence-electron chi connectivity index (χ1n) is 6.11. The van der Waals surface area contributed by atoms with Crippen LogP contribution in [-0.4, -0.2) is 24.0 Å². The minimum atomic E-state index is 0.622. The number of hydrogen-bond donors (Lipinski definition) is 0. The van der Waals surface area contributed by atoms with Crippen LogP contribution in [-0.2, 0) is 0 Å². The minimum Gasteiger partial charge on any atom is -0.370 e. The SMILES string of the molecule is CCCN(CCCl)c1ccnc2cc(Cl)ccc12. The maximum atomic E-state index is 6.00. The van der Waals surface area contributed by atoms with Gasteiger partial charge in [-0.25, -0.2) is 0 Å². The third-order valence-electron chi connectivity index (χ3n) is 2.87. The lowest BCUT2D eigenvalue weighted by Crippen LogP contribution is -2.26. The molecule has 0 atom stereocenters. The Morgan fingerprint density at radius 2 is 2.06 bits per heavy atom. The summed E-state index contributed by atoms with van der Waals surface area (Å²) in [6.07, 6.45) is 2.92. The van der Waals surface area contributed by atoms with E-state index in [1.807, 2.05) is 30.5 Å². The molecule has 0 aliphatic rings. The van der Waals surface area contributed by atoms with Crippen molar-refractivity contribution in [3.05, 3.63) is 35.5 Å². The van der Waals surface area contributed by atoms with E-state index in [0.717, 1.165) is 30.4 Å². The minimum absolute atomic E-state index is 0.622. The van der Waals surface area contributed by atoms with E-state index < -0.39 is 0 Å². The van der Waals surface area contributed by atoms with Crippen LogP contribution in [0.1, 0.15) is 13.3 Å². The number of hydrogen-bond acceptors (Lipinski definition) is 2. The molecule has 0 saturated heterocycles. The standard InChI is InChI=1S/C14H16Cl2N2/c1-2-8-18(9-6-15)14-5-7-17-13-10-11(16)3-4-12(13)14/h3-5,7,10H,2,6,8-9H2,1H3. The molecule has 0 unspecified atom stereocenters. The average Bonchev–Trinajstić information content (AvgIpc) is 2.37. The Hall–Kier alpha value is -0.990. The van der Waals surface area contributed by atoms with Gasteiger partial charge in [0.25, 0.3) is 0 Å². The molecule has 0 amide bonds. The van der Waals surface area contributed by atoms with Gasteiger partial charge in [-0.3, -0.25) is 4.98 Å². The van der Waals surface area contributed by atoms with Gasteiger partial charge in [-0.15, -0.1) is 11.6 Å². The molecule has 18 heavy (non-hydrogen) atoms. The number of fused-ring (bicyclic) bond motifs is 1. The van der Waals surface area contributed by atoms with E-state index in [1.165, 1.54) is 5.69 Å². The van der Waals surface area contributed by atoms with E-state index in [2.05, 4.69) is 16.8 Å². The summed E-state index contributed by atoms with van der Waals surface area (Å²) in [5.74, 6) is 0.622. The molecule has 0 N–H and O–H groups in total. The molecule has 4 heteroatoms. The van der Waals surface area contributed by atoms with Gasteiger partial charge >= 0.3 is 0 Å². The molecule has 1 aromatic heterocycles. The first-order valence-corrected chi connectivity index (χ1v) is 7.02. The smallest absolute Gasteiger partial charge is 0.0737 e. The number of benzene rings is 1.